The Kier molecular flexibility index (Phi) is 6.12. The van der Waals surface area contributed by atoms with Gasteiger partial charge in [-0.3, -0.25) is 4.79 Å². The fraction of sp³-hybridized carbons (Fsp3) is 0.417. The molecule has 1 amide bonds. The molecule has 1 aromatic carbocycles. The highest BCUT2D eigenvalue weighted by Gasteiger charge is 2.08. The van der Waals surface area contributed by atoms with Gasteiger partial charge in [-0.2, -0.15) is 0 Å². The second kappa shape index (κ2) is 7.11. The zero-order chi connectivity index (χ0) is 12.8. The van der Waals surface area contributed by atoms with Crippen LogP contribution in [-0.4, -0.2) is 17.3 Å². The average molecular weight is 367 g/mol. The summed E-state index contributed by atoms with van der Waals surface area (Å²) < 4.78 is 13.6. The normalized spacial score (nSPS) is 12.2. The van der Waals surface area contributed by atoms with E-state index in [9.17, 15) is 9.18 Å². The first-order valence-corrected chi connectivity index (χ1v) is 7.12. The fourth-order valence-electron chi connectivity index (χ4n) is 1.29. The molecule has 0 aliphatic rings. The molecule has 0 aliphatic carbocycles. The van der Waals surface area contributed by atoms with Crippen LogP contribution in [0.4, 0.5) is 4.39 Å². The van der Waals surface area contributed by atoms with Gasteiger partial charge in [-0.05, 0) is 47.0 Å². The van der Waals surface area contributed by atoms with Crippen LogP contribution < -0.4 is 5.32 Å². The molecule has 1 N–H and O–H groups in total. The van der Waals surface area contributed by atoms with Gasteiger partial charge in [0.25, 0.3) is 5.91 Å². The topological polar surface area (TPSA) is 29.1 Å². The zero-order valence-corrected chi connectivity index (χ0v) is 12.6. The van der Waals surface area contributed by atoms with Gasteiger partial charge in [0.15, 0.2) is 0 Å². The number of rotatable bonds is 5. The second-order valence-corrected chi connectivity index (χ2v) is 5.83. The predicted molar refractivity (Wildman–Crippen MR) is 74.1 cm³/mol. The van der Waals surface area contributed by atoms with Crippen molar-refractivity contribution in [3.05, 3.63) is 34.1 Å². The molecule has 0 bridgehead atoms. The fourth-order valence-corrected chi connectivity index (χ4v) is 1.76. The van der Waals surface area contributed by atoms with Crippen molar-refractivity contribution in [2.24, 2.45) is 0 Å². The smallest absolute Gasteiger partial charge is 0.251 e. The third kappa shape index (κ3) is 4.76. The molecule has 1 rings (SSSR count). The van der Waals surface area contributed by atoms with Crippen molar-refractivity contribution in [2.75, 3.05) is 6.54 Å². The summed E-state index contributed by atoms with van der Waals surface area (Å²) in [6.45, 7) is 2.66. The van der Waals surface area contributed by atoms with E-state index in [-0.39, 0.29) is 5.91 Å². The van der Waals surface area contributed by atoms with Crippen LogP contribution in [0, 0.1) is 5.82 Å². The van der Waals surface area contributed by atoms with Gasteiger partial charge in [-0.25, -0.2) is 4.39 Å². The van der Waals surface area contributed by atoms with Crippen LogP contribution in [-0.2, 0) is 0 Å². The molecule has 0 heterocycles. The Labute approximate surface area is 117 Å². The largest absolute Gasteiger partial charge is 0.352 e. The molecule has 94 valence electrons. The first-order chi connectivity index (χ1) is 8.04. The number of benzene rings is 1. The monoisotopic (exact) mass is 365 g/mol. The SMILES string of the molecule is CCC(Br)CCNC(=O)c1ccc(Br)c(F)c1. The summed E-state index contributed by atoms with van der Waals surface area (Å²) in [7, 11) is 0. The van der Waals surface area contributed by atoms with Crippen molar-refractivity contribution in [1.29, 1.82) is 0 Å². The maximum absolute atomic E-state index is 13.2. The van der Waals surface area contributed by atoms with E-state index < -0.39 is 5.82 Å². The zero-order valence-electron chi connectivity index (χ0n) is 9.47. The Bertz CT molecular complexity index is 398. The summed E-state index contributed by atoms with van der Waals surface area (Å²) in [5.41, 5.74) is 0.341. The highest BCUT2D eigenvalue weighted by molar-refractivity contribution is 9.10. The van der Waals surface area contributed by atoms with Gasteiger partial charge in [0, 0.05) is 16.9 Å². The van der Waals surface area contributed by atoms with Crippen LogP contribution in [0.25, 0.3) is 0 Å². The molecular formula is C12H14Br2FNO. The van der Waals surface area contributed by atoms with Crippen LogP contribution in [0.1, 0.15) is 30.1 Å². The van der Waals surface area contributed by atoms with E-state index in [1.807, 2.05) is 0 Å². The summed E-state index contributed by atoms with van der Waals surface area (Å²) in [6, 6.07) is 4.35. The molecule has 17 heavy (non-hydrogen) atoms. The molecule has 0 aliphatic heterocycles. The van der Waals surface area contributed by atoms with Gasteiger partial charge >= 0.3 is 0 Å². The van der Waals surface area contributed by atoms with E-state index in [1.165, 1.54) is 12.1 Å². The number of amides is 1. The quantitative estimate of drug-likeness (QED) is 0.787. The highest BCUT2D eigenvalue weighted by atomic mass is 79.9. The van der Waals surface area contributed by atoms with Gasteiger partial charge in [-0.15, -0.1) is 0 Å². The number of carbonyl (C=O) groups is 1. The summed E-state index contributed by atoms with van der Waals surface area (Å²) in [4.78, 5) is 12.1. The Morgan fingerprint density at radius 2 is 2.24 bits per heavy atom. The number of hydrogen-bond donors (Lipinski definition) is 1. The van der Waals surface area contributed by atoms with E-state index in [0.29, 0.717) is 21.4 Å². The van der Waals surface area contributed by atoms with Crippen molar-refractivity contribution in [3.8, 4) is 0 Å². The third-order valence-corrected chi connectivity index (χ3v) is 4.12. The van der Waals surface area contributed by atoms with Crippen LogP contribution in [0.3, 0.4) is 0 Å². The molecular weight excluding hydrogens is 353 g/mol. The molecule has 0 aromatic heterocycles. The summed E-state index contributed by atoms with van der Waals surface area (Å²) in [5, 5.41) is 2.76. The molecule has 1 aromatic rings. The molecule has 0 saturated carbocycles. The minimum Gasteiger partial charge on any atom is -0.352 e. The maximum atomic E-state index is 13.2. The summed E-state index contributed by atoms with van der Waals surface area (Å²) >= 11 is 6.53. The van der Waals surface area contributed by atoms with Crippen LogP contribution in [0.2, 0.25) is 0 Å². The van der Waals surface area contributed by atoms with Crippen molar-refractivity contribution in [3.63, 3.8) is 0 Å². The van der Waals surface area contributed by atoms with Crippen molar-refractivity contribution < 1.29 is 9.18 Å². The lowest BCUT2D eigenvalue weighted by Gasteiger charge is -2.08. The van der Waals surface area contributed by atoms with E-state index >= 15 is 0 Å². The lowest BCUT2D eigenvalue weighted by atomic mass is 10.2. The molecule has 0 fully saturated rings. The van der Waals surface area contributed by atoms with Gasteiger partial charge < -0.3 is 5.32 Å². The predicted octanol–water partition coefficient (Wildman–Crippen LogP) is 3.88. The van der Waals surface area contributed by atoms with Gasteiger partial charge in [0.05, 0.1) is 4.47 Å². The van der Waals surface area contributed by atoms with E-state index in [1.54, 1.807) is 6.07 Å². The average Bonchev–Trinajstić information content (AvgIpc) is 2.32. The molecule has 0 spiro atoms. The van der Waals surface area contributed by atoms with Crippen molar-refractivity contribution in [1.82, 2.24) is 5.32 Å². The summed E-state index contributed by atoms with van der Waals surface area (Å²) in [5.74, 6) is -0.670. The molecule has 1 unspecified atom stereocenters. The van der Waals surface area contributed by atoms with E-state index in [2.05, 4.69) is 44.1 Å². The number of alkyl halides is 1. The van der Waals surface area contributed by atoms with Crippen molar-refractivity contribution >= 4 is 37.8 Å². The lowest BCUT2D eigenvalue weighted by molar-refractivity contribution is 0.0952. The summed E-state index contributed by atoms with van der Waals surface area (Å²) in [6.07, 6.45) is 1.88. The standard InChI is InChI=1S/C12H14Br2FNO/c1-2-9(13)5-6-16-12(17)8-3-4-10(14)11(15)7-8/h3-4,7,9H,2,5-6H2,1H3,(H,16,17). The Morgan fingerprint density at radius 1 is 1.53 bits per heavy atom. The minimum atomic E-state index is -0.426. The highest BCUT2D eigenvalue weighted by Crippen LogP contribution is 2.16. The minimum absolute atomic E-state index is 0.243. The molecule has 2 nitrogen and oxygen atoms in total. The van der Waals surface area contributed by atoms with Gasteiger partial charge in [0.1, 0.15) is 5.82 Å². The molecule has 1 atom stereocenters. The van der Waals surface area contributed by atoms with Crippen molar-refractivity contribution in [2.45, 2.75) is 24.6 Å². The number of nitrogens with one attached hydrogen (secondary N) is 1. The van der Waals surface area contributed by atoms with E-state index in [0.717, 1.165) is 12.8 Å². The number of halogens is 3. The molecule has 5 heteroatoms. The number of hydrogen-bond acceptors (Lipinski definition) is 1. The Morgan fingerprint density at radius 3 is 2.82 bits per heavy atom. The van der Waals surface area contributed by atoms with Gasteiger partial charge in [0.2, 0.25) is 0 Å². The van der Waals surface area contributed by atoms with E-state index in [4.69, 9.17) is 0 Å². The van der Waals surface area contributed by atoms with Crippen LogP contribution in [0.5, 0.6) is 0 Å². The number of carbonyl (C=O) groups excluding carboxylic acids is 1. The first kappa shape index (κ1) is 14.6. The molecule has 0 saturated heterocycles. The van der Waals surface area contributed by atoms with Crippen LogP contribution in [0.15, 0.2) is 22.7 Å². The van der Waals surface area contributed by atoms with Gasteiger partial charge in [-0.1, -0.05) is 22.9 Å². The molecule has 0 radical (unpaired) electrons. The second-order valence-electron chi connectivity index (χ2n) is 3.68. The maximum Gasteiger partial charge on any atom is 0.251 e. The Balaban J connectivity index is 2.50. The Hall–Kier alpha value is -0.420. The third-order valence-electron chi connectivity index (χ3n) is 2.37. The van der Waals surface area contributed by atoms with Crippen LogP contribution >= 0.6 is 31.9 Å². The first-order valence-electron chi connectivity index (χ1n) is 5.42. The lowest BCUT2D eigenvalue weighted by Crippen LogP contribution is -2.26.